The summed E-state index contributed by atoms with van der Waals surface area (Å²) in [5.74, 6) is 0.889. The van der Waals surface area contributed by atoms with Crippen LogP contribution < -0.4 is 5.32 Å². The van der Waals surface area contributed by atoms with Crippen LogP contribution in [0.3, 0.4) is 0 Å². The Morgan fingerprint density at radius 2 is 2.12 bits per heavy atom. The fourth-order valence-corrected chi connectivity index (χ4v) is 2.75. The van der Waals surface area contributed by atoms with Crippen molar-refractivity contribution in [1.29, 1.82) is 0 Å². The van der Waals surface area contributed by atoms with Gasteiger partial charge < -0.3 is 10.2 Å². The average Bonchev–Trinajstić information content (AvgIpc) is 2.30. The molecular formula is C14H30N2. The Kier molecular flexibility index (Phi) is 7.06. The van der Waals surface area contributed by atoms with Crippen LogP contribution in [0.25, 0.3) is 0 Å². The molecule has 2 heteroatoms. The molecule has 0 aromatic rings. The van der Waals surface area contributed by atoms with Crippen LogP contribution in [-0.4, -0.2) is 37.1 Å². The van der Waals surface area contributed by atoms with Gasteiger partial charge in [0.25, 0.3) is 0 Å². The third-order valence-corrected chi connectivity index (χ3v) is 3.74. The van der Waals surface area contributed by atoms with E-state index in [-0.39, 0.29) is 0 Å². The van der Waals surface area contributed by atoms with E-state index < -0.39 is 0 Å². The van der Waals surface area contributed by atoms with E-state index in [0.717, 1.165) is 12.0 Å². The topological polar surface area (TPSA) is 15.3 Å². The molecule has 0 spiro atoms. The van der Waals surface area contributed by atoms with Crippen molar-refractivity contribution in [3.05, 3.63) is 0 Å². The summed E-state index contributed by atoms with van der Waals surface area (Å²) in [4.78, 5) is 2.70. The number of nitrogens with one attached hydrogen (secondary N) is 1. The van der Waals surface area contributed by atoms with Gasteiger partial charge in [-0.3, -0.25) is 0 Å². The van der Waals surface area contributed by atoms with Gasteiger partial charge in [-0.15, -0.1) is 0 Å². The predicted octanol–water partition coefficient (Wildman–Crippen LogP) is 2.89. The third kappa shape index (κ3) is 4.84. The van der Waals surface area contributed by atoms with E-state index >= 15 is 0 Å². The molecule has 96 valence electrons. The first-order chi connectivity index (χ1) is 7.77. The molecule has 2 unspecified atom stereocenters. The standard InChI is InChI=1S/C14H30N2/c1-4-7-13(3)16-10-6-8-14(12-16)11-15-9-5-2/h13-15H,4-12H2,1-3H3. The second-order valence-corrected chi connectivity index (χ2v) is 5.35. The molecule has 0 aromatic carbocycles. The molecule has 0 bridgehead atoms. The maximum atomic E-state index is 3.57. The van der Waals surface area contributed by atoms with Crippen LogP contribution in [0.5, 0.6) is 0 Å². The first-order valence-electron chi connectivity index (χ1n) is 7.22. The number of rotatable bonds is 7. The Balaban J connectivity index is 2.23. The highest BCUT2D eigenvalue weighted by molar-refractivity contribution is 4.78. The van der Waals surface area contributed by atoms with Crippen molar-refractivity contribution in [2.24, 2.45) is 5.92 Å². The molecule has 16 heavy (non-hydrogen) atoms. The van der Waals surface area contributed by atoms with Gasteiger partial charge in [0.15, 0.2) is 0 Å². The van der Waals surface area contributed by atoms with Crippen molar-refractivity contribution >= 4 is 0 Å². The van der Waals surface area contributed by atoms with E-state index in [2.05, 4.69) is 31.0 Å². The number of nitrogens with zero attached hydrogens (tertiary/aromatic N) is 1. The molecule has 0 amide bonds. The van der Waals surface area contributed by atoms with Crippen molar-refractivity contribution in [2.75, 3.05) is 26.2 Å². The molecule has 0 aromatic heterocycles. The largest absolute Gasteiger partial charge is 0.316 e. The summed E-state index contributed by atoms with van der Waals surface area (Å²) in [7, 11) is 0. The molecule has 1 rings (SSSR count). The molecule has 1 N–H and O–H groups in total. The minimum atomic E-state index is 0.791. The first-order valence-corrected chi connectivity index (χ1v) is 7.22. The lowest BCUT2D eigenvalue weighted by Crippen LogP contribution is -2.44. The fraction of sp³-hybridized carbons (Fsp3) is 1.00. The van der Waals surface area contributed by atoms with Gasteiger partial charge in [0, 0.05) is 12.6 Å². The van der Waals surface area contributed by atoms with Crippen LogP contribution >= 0.6 is 0 Å². The minimum Gasteiger partial charge on any atom is -0.316 e. The van der Waals surface area contributed by atoms with Gasteiger partial charge in [0.2, 0.25) is 0 Å². The monoisotopic (exact) mass is 226 g/mol. The summed E-state index contributed by atoms with van der Waals surface area (Å²) in [6.45, 7) is 12.0. The van der Waals surface area contributed by atoms with Gasteiger partial charge in [0.1, 0.15) is 0 Å². The zero-order valence-corrected chi connectivity index (χ0v) is 11.5. The van der Waals surface area contributed by atoms with Crippen LogP contribution in [0.1, 0.15) is 52.9 Å². The number of hydrogen-bond donors (Lipinski definition) is 1. The van der Waals surface area contributed by atoms with Crippen LogP contribution in [-0.2, 0) is 0 Å². The van der Waals surface area contributed by atoms with Gasteiger partial charge in [-0.25, -0.2) is 0 Å². The molecule has 2 nitrogen and oxygen atoms in total. The number of hydrogen-bond acceptors (Lipinski definition) is 2. The SMILES string of the molecule is CCCNCC1CCCN(C(C)CCC)C1. The zero-order chi connectivity index (χ0) is 11.8. The third-order valence-electron chi connectivity index (χ3n) is 3.74. The van der Waals surface area contributed by atoms with E-state index in [1.54, 1.807) is 0 Å². The molecule has 0 aliphatic carbocycles. The maximum absolute atomic E-state index is 3.57. The predicted molar refractivity (Wildman–Crippen MR) is 71.8 cm³/mol. The van der Waals surface area contributed by atoms with Gasteiger partial charge in [-0.2, -0.15) is 0 Å². The summed E-state index contributed by atoms with van der Waals surface area (Å²) < 4.78 is 0. The Morgan fingerprint density at radius 3 is 2.81 bits per heavy atom. The van der Waals surface area contributed by atoms with Gasteiger partial charge >= 0.3 is 0 Å². The highest BCUT2D eigenvalue weighted by Gasteiger charge is 2.22. The molecule has 2 atom stereocenters. The summed E-state index contributed by atoms with van der Waals surface area (Å²) in [6, 6.07) is 0.791. The van der Waals surface area contributed by atoms with Crippen molar-refractivity contribution in [3.63, 3.8) is 0 Å². The van der Waals surface area contributed by atoms with E-state index in [9.17, 15) is 0 Å². The lowest BCUT2D eigenvalue weighted by atomic mass is 9.96. The van der Waals surface area contributed by atoms with Crippen molar-refractivity contribution < 1.29 is 0 Å². The van der Waals surface area contributed by atoms with E-state index in [1.165, 1.54) is 58.3 Å². The van der Waals surface area contributed by atoms with Crippen molar-refractivity contribution in [1.82, 2.24) is 10.2 Å². The van der Waals surface area contributed by atoms with E-state index in [1.807, 2.05) is 0 Å². The summed E-state index contributed by atoms with van der Waals surface area (Å²) in [5.41, 5.74) is 0. The molecule has 1 fully saturated rings. The number of piperidine rings is 1. The normalized spacial score (nSPS) is 24.6. The lowest BCUT2D eigenvalue weighted by molar-refractivity contribution is 0.124. The minimum absolute atomic E-state index is 0.791. The Hall–Kier alpha value is -0.0800. The first kappa shape index (κ1) is 14.0. The second-order valence-electron chi connectivity index (χ2n) is 5.35. The van der Waals surface area contributed by atoms with Gasteiger partial charge in [0.05, 0.1) is 0 Å². The molecule has 1 heterocycles. The van der Waals surface area contributed by atoms with E-state index in [0.29, 0.717) is 0 Å². The second kappa shape index (κ2) is 8.08. The van der Waals surface area contributed by atoms with Crippen LogP contribution in [0.4, 0.5) is 0 Å². The number of likely N-dealkylation sites (tertiary alicyclic amines) is 1. The molecular weight excluding hydrogens is 196 g/mol. The summed E-state index contributed by atoms with van der Waals surface area (Å²) >= 11 is 0. The molecule has 0 saturated carbocycles. The molecule has 1 aliphatic rings. The Morgan fingerprint density at radius 1 is 1.31 bits per heavy atom. The van der Waals surface area contributed by atoms with Crippen LogP contribution in [0.15, 0.2) is 0 Å². The van der Waals surface area contributed by atoms with Gasteiger partial charge in [-0.1, -0.05) is 20.3 Å². The zero-order valence-electron chi connectivity index (χ0n) is 11.5. The highest BCUT2D eigenvalue weighted by Crippen LogP contribution is 2.19. The molecule has 1 saturated heterocycles. The lowest BCUT2D eigenvalue weighted by Gasteiger charge is -2.37. The van der Waals surface area contributed by atoms with Crippen molar-refractivity contribution in [2.45, 2.75) is 58.9 Å². The summed E-state index contributed by atoms with van der Waals surface area (Å²) in [5, 5.41) is 3.57. The summed E-state index contributed by atoms with van der Waals surface area (Å²) in [6.07, 6.45) is 6.74. The fourth-order valence-electron chi connectivity index (χ4n) is 2.75. The van der Waals surface area contributed by atoms with Crippen molar-refractivity contribution in [3.8, 4) is 0 Å². The highest BCUT2D eigenvalue weighted by atomic mass is 15.2. The Labute approximate surface area is 102 Å². The maximum Gasteiger partial charge on any atom is 0.00669 e. The van der Waals surface area contributed by atoms with Crippen LogP contribution in [0.2, 0.25) is 0 Å². The quantitative estimate of drug-likeness (QED) is 0.672. The van der Waals surface area contributed by atoms with Gasteiger partial charge in [-0.05, 0) is 58.2 Å². The Bertz CT molecular complexity index is 170. The molecule has 1 aliphatic heterocycles. The molecule has 0 radical (unpaired) electrons. The van der Waals surface area contributed by atoms with Crippen LogP contribution in [0, 0.1) is 5.92 Å². The smallest absolute Gasteiger partial charge is 0.00669 e. The van der Waals surface area contributed by atoms with E-state index in [4.69, 9.17) is 0 Å². The average molecular weight is 226 g/mol.